The van der Waals surface area contributed by atoms with Gasteiger partial charge in [0.25, 0.3) is 0 Å². The van der Waals surface area contributed by atoms with Crippen molar-refractivity contribution < 1.29 is 0 Å². The summed E-state index contributed by atoms with van der Waals surface area (Å²) in [6.45, 7) is 4.23. The van der Waals surface area contributed by atoms with Crippen LogP contribution in [0.25, 0.3) is 27.3 Å². The lowest BCUT2D eigenvalue weighted by molar-refractivity contribution is 1.51. The van der Waals surface area contributed by atoms with Crippen molar-refractivity contribution in [1.82, 2.24) is 0 Å². The molecule has 1 heterocycles. The number of aryl methyl sites for hydroxylation is 1. The van der Waals surface area contributed by atoms with E-state index in [0.717, 1.165) is 0 Å². The lowest BCUT2D eigenvalue weighted by atomic mass is 10.0. The molecular formula is C18H16S. The van der Waals surface area contributed by atoms with Crippen molar-refractivity contribution in [3.05, 3.63) is 65.0 Å². The van der Waals surface area contributed by atoms with E-state index < -0.39 is 0 Å². The first-order valence-electron chi connectivity index (χ1n) is 6.51. The smallest absolute Gasteiger partial charge is 0.0358 e. The minimum Gasteiger partial charge on any atom is -0.135 e. The summed E-state index contributed by atoms with van der Waals surface area (Å²) in [4.78, 5) is 1.34. The highest BCUT2D eigenvalue weighted by molar-refractivity contribution is 7.20. The molecular weight excluding hydrogens is 248 g/mol. The molecule has 0 amide bonds. The van der Waals surface area contributed by atoms with Crippen LogP contribution in [0, 0.1) is 6.92 Å². The van der Waals surface area contributed by atoms with E-state index in [0.29, 0.717) is 0 Å². The van der Waals surface area contributed by atoms with Crippen LogP contribution in [0.15, 0.2) is 54.6 Å². The van der Waals surface area contributed by atoms with E-state index in [4.69, 9.17) is 0 Å². The molecule has 0 N–H and O–H groups in total. The van der Waals surface area contributed by atoms with Crippen molar-refractivity contribution in [2.45, 2.75) is 13.8 Å². The lowest BCUT2D eigenvalue weighted by Crippen LogP contribution is -1.78. The number of benzene rings is 2. The first-order chi connectivity index (χ1) is 9.29. The molecule has 94 valence electrons. The molecule has 0 atom stereocenters. The second-order valence-electron chi connectivity index (χ2n) is 4.71. The Morgan fingerprint density at radius 3 is 2.53 bits per heavy atom. The second kappa shape index (κ2) is 5.02. The van der Waals surface area contributed by atoms with Gasteiger partial charge in [0.1, 0.15) is 0 Å². The molecule has 0 aliphatic carbocycles. The molecule has 0 aliphatic heterocycles. The average Bonchev–Trinajstić information content (AvgIpc) is 2.77. The van der Waals surface area contributed by atoms with Crippen LogP contribution in [-0.4, -0.2) is 0 Å². The predicted molar refractivity (Wildman–Crippen MR) is 86.7 cm³/mol. The van der Waals surface area contributed by atoms with Gasteiger partial charge >= 0.3 is 0 Å². The third-order valence-electron chi connectivity index (χ3n) is 3.25. The minimum atomic E-state index is 1.30. The van der Waals surface area contributed by atoms with Gasteiger partial charge < -0.3 is 0 Å². The monoisotopic (exact) mass is 264 g/mol. The zero-order valence-corrected chi connectivity index (χ0v) is 12.0. The summed E-state index contributed by atoms with van der Waals surface area (Å²) in [5.74, 6) is 0. The van der Waals surface area contributed by atoms with E-state index in [9.17, 15) is 0 Å². The molecule has 2 aromatic carbocycles. The maximum Gasteiger partial charge on any atom is 0.0358 e. The summed E-state index contributed by atoms with van der Waals surface area (Å²) in [5, 5.41) is 1.37. The molecule has 0 saturated heterocycles. The van der Waals surface area contributed by atoms with Gasteiger partial charge in [-0.3, -0.25) is 0 Å². The minimum absolute atomic E-state index is 1.30. The van der Waals surface area contributed by atoms with Crippen LogP contribution in [0.5, 0.6) is 0 Å². The molecule has 0 radical (unpaired) electrons. The van der Waals surface area contributed by atoms with Crippen LogP contribution < -0.4 is 0 Å². The van der Waals surface area contributed by atoms with Gasteiger partial charge in [-0.1, -0.05) is 48.0 Å². The van der Waals surface area contributed by atoms with Crippen LogP contribution in [0.4, 0.5) is 0 Å². The zero-order valence-electron chi connectivity index (χ0n) is 11.2. The highest BCUT2D eigenvalue weighted by atomic mass is 32.1. The molecule has 3 aromatic rings. The van der Waals surface area contributed by atoms with Crippen LogP contribution in [0.3, 0.4) is 0 Å². The third-order valence-corrected chi connectivity index (χ3v) is 4.39. The first kappa shape index (κ1) is 12.2. The summed E-state index contributed by atoms with van der Waals surface area (Å²) < 4.78 is 1.36. The Balaban J connectivity index is 2.36. The van der Waals surface area contributed by atoms with Crippen molar-refractivity contribution in [3.63, 3.8) is 0 Å². The van der Waals surface area contributed by atoms with Gasteiger partial charge in [-0.2, -0.15) is 0 Å². The van der Waals surface area contributed by atoms with E-state index >= 15 is 0 Å². The van der Waals surface area contributed by atoms with Crippen LogP contribution in [0.2, 0.25) is 0 Å². The SMILES string of the molecule is C/C=C/c1sc2ccc(C)cc2c1-c1ccccc1. The van der Waals surface area contributed by atoms with Gasteiger partial charge in [0, 0.05) is 20.5 Å². The molecule has 0 bridgehead atoms. The molecule has 0 unspecified atom stereocenters. The Morgan fingerprint density at radius 2 is 1.79 bits per heavy atom. The molecule has 1 heteroatoms. The molecule has 1 aromatic heterocycles. The van der Waals surface area contributed by atoms with Gasteiger partial charge in [-0.05, 0) is 37.6 Å². The Bertz CT molecular complexity index is 733. The van der Waals surface area contributed by atoms with Gasteiger partial charge in [-0.15, -0.1) is 11.3 Å². The fourth-order valence-electron chi connectivity index (χ4n) is 2.40. The Hall–Kier alpha value is -1.86. The normalized spacial score (nSPS) is 11.5. The molecule has 0 aliphatic rings. The van der Waals surface area contributed by atoms with Crippen molar-refractivity contribution in [3.8, 4) is 11.1 Å². The maximum atomic E-state index is 2.29. The number of hydrogen-bond donors (Lipinski definition) is 0. The third kappa shape index (κ3) is 2.22. The lowest BCUT2D eigenvalue weighted by Gasteiger charge is -2.02. The topological polar surface area (TPSA) is 0 Å². The summed E-state index contributed by atoms with van der Waals surface area (Å²) in [6, 6.07) is 17.4. The molecule has 0 fully saturated rings. The van der Waals surface area contributed by atoms with Gasteiger partial charge in [-0.25, -0.2) is 0 Å². The highest BCUT2D eigenvalue weighted by Crippen LogP contribution is 2.39. The molecule has 0 saturated carbocycles. The Kier molecular flexibility index (Phi) is 3.22. The maximum absolute atomic E-state index is 2.29. The fraction of sp³-hybridized carbons (Fsp3) is 0.111. The number of fused-ring (bicyclic) bond motifs is 1. The Labute approximate surface area is 118 Å². The van der Waals surface area contributed by atoms with Crippen molar-refractivity contribution in [2.75, 3.05) is 0 Å². The predicted octanol–water partition coefficient (Wildman–Crippen LogP) is 5.91. The van der Waals surface area contributed by atoms with E-state index in [1.807, 2.05) is 11.3 Å². The van der Waals surface area contributed by atoms with Crippen LogP contribution >= 0.6 is 11.3 Å². The van der Waals surface area contributed by atoms with Gasteiger partial charge in [0.05, 0.1) is 0 Å². The first-order valence-corrected chi connectivity index (χ1v) is 7.32. The zero-order chi connectivity index (χ0) is 13.2. The second-order valence-corrected chi connectivity index (χ2v) is 5.79. The average molecular weight is 264 g/mol. The quantitative estimate of drug-likeness (QED) is 0.539. The number of hydrogen-bond acceptors (Lipinski definition) is 1. The van der Waals surface area contributed by atoms with E-state index in [-0.39, 0.29) is 0 Å². The molecule has 0 nitrogen and oxygen atoms in total. The van der Waals surface area contributed by atoms with Crippen molar-refractivity contribution in [1.29, 1.82) is 0 Å². The van der Waals surface area contributed by atoms with E-state index in [2.05, 4.69) is 74.5 Å². The van der Waals surface area contributed by atoms with Gasteiger partial charge in [0.15, 0.2) is 0 Å². The highest BCUT2D eigenvalue weighted by Gasteiger charge is 2.11. The molecule has 0 spiro atoms. The number of rotatable bonds is 2. The molecule has 3 rings (SSSR count). The summed E-state index contributed by atoms with van der Waals surface area (Å²) in [5.41, 5.74) is 3.98. The van der Waals surface area contributed by atoms with Gasteiger partial charge in [0.2, 0.25) is 0 Å². The summed E-state index contributed by atoms with van der Waals surface area (Å²) >= 11 is 1.87. The number of allylic oxidation sites excluding steroid dienone is 1. The van der Waals surface area contributed by atoms with Crippen molar-refractivity contribution in [2.24, 2.45) is 0 Å². The standard InChI is InChI=1S/C18H16S/c1-3-7-17-18(14-8-5-4-6-9-14)15-12-13(2)10-11-16(15)19-17/h3-12H,1-2H3/b7-3+. The summed E-state index contributed by atoms with van der Waals surface area (Å²) in [7, 11) is 0. The van der Waals surface area contributed by atoms with Crippen molar-refractivity contribution >= 4 is 27.5 Å². The number of thiophene rings is 1. The van der Waals surface area contributed by atoms with Crippen LogP contribution in [-0.2, 0) is 0 Å². The largest absolute Gasteiger partial charge is 0.135 e. The van der Waals surface area contributed by atoms with E-state index in [1.165, 1.54) is 31.7 Å². The summed E-state index contributed by atoms with van der Waals surface area (Å²) in [6.07, 6.45) is 4.33. The Morgan fingerprint density at radius 1 is 1.00 bits per heavy atom. The van der Waals surface area contributed by atoms with E-state index in [1.54, 1.807) is 0 Å². The molecule has 19 heavy (non-hydrogen) atoms. The van der Waals surface area contributed by atoms with Crippen LogP contribution in [0.1, 0.15) is 17.4 Å². The fourth-order valence-corrected chi connectivity index (χ4v) is 3.58.